The lowest BCUT2D eigenvalue weighted by Gasteiger charge is -2.11. The molecule has 0 atom stereocenters. The van der Waals surface area contributed by atoms with Crippen LogP contribution in [-0.4, -0.2) is 20.5 Å². The molecule has 18 heavy (non-hydrogen) atoms. The van der Waals surface area contributed by atoms with Crippen molar-refractivity contribution in [3.63, 3.8) is 0 Å². The minimum absolute atomic E-state index is 0.00356. The number of fused-ring (bicyclic) bond motifs is 1. The highest BCUT2D eigenvalue weighted by Gasteiger charge is 2.34. The molecule has 0 aliphatic carbocycles. The zero-order valence-electron chi connectivity index (χ0n) is 9.11. The van der Waals surface area contributed by atoms with E-state index in [0.29, 0.717) is 0 Å². The fourth-order valence-corrected chi connectivity index (χ4v) is 1.73. The van der Waals surface area contributed by atoms with Crippen LogP contribution in [-0.2, 0) is 17.4 Å². The normalized spacial score (nSPS) is 11.9. The van der Waals surface area contributed by atoms with Crippen LogP contribution >= 0.6 is 0 Å². The Morgan fingerprint density at radius 1 is 1.39 bits per heavy atom. The predicted octanol–water partition coefficient (Wildman–Crippen LogP) is 2.37. The summed E-state index contributed by atoms with van der Waals surface area (Å²) in [6.07, 6.45) is -3.46. The molecule has 96 valence electrons. The Balaban J connectivity index is 2.52. The van der Waals surface area contributed by atoms with Crippen molar-refractivity contribution in [3.8, 4) is 0 Å². The monoisotopic (exact) mass is 258 g/mol. The topological polar surface area (TPSA) is 54.6 Å². The zero-order valence-corrected chi connectivity index (χ0v) is 9.11. The van der Waals surface area contributed by atoms with Crippen molar-refractivity contribution < 1.29 is 23.1 Å². The molecule has 0 aromatic carbocycles. The lowest BCUT2D eigenvalue weighted by Crippen LogP contribution is -2.13. The second-order valence-corrected chi connectivity index (χ2v) is 3.75. The standard InChI is InChI=1S/C11H9F3N2O2/c12-11(13,14)8-2-1-3-9-15-6-7(16(8)9)4-5-10(17)18/h1-3,6H,4-5H2,(H,17,18). The molecule has 0 aliphatic heterocycles. The molecule has 0 unspecified atom stereocenters. The number of hydrogen-bond donors (Lipinski definition) is 1. The summed E-state index contributed by atoms with van der Waals surface area (Å²) in [5.41, 5.74) is -0.455. The molecule has 0 aliphatic rings. The third-order valence-corrected chi connectivity index (χ3v) is 2.49. The molecule has 1 N–H and O–H groups in total. The Morgan fingerprint density at radius 2 is 2.11 bits per heavy atom. The number of aliphatic carboxylic acids is 1. The Morgan fingerprint density at radius 3 is 2.72 bits per heavy atom. The van der Waals surface area contributed by atoms with E-state index in [1.807, 2.05) is 0 Å². The van der Waals surface area contributed by atoms with E-state index < -0.39 is 17.8 Å². The van der Waals surface area contributed by atoms with Gasteiger partial charge in [0.25, 0.3) is 0 Å². The van der Waals surface area contributed by atoms with Crippen molar-refractivity contribution in [2.75, 3.05) is 0 Å². The third kappa shape index (κ3) is 2.29. The van der Waals surface area contributed by atoms with Gasteiger partial charge in [-0.05, 0) is 12.1 Å². The average Bonchev–Trinajstić information content (AvgIpc) is 2.67. The number of hydrogen-bond acceptors (Lipinski definition) is 2. The van der Waals surface area contributed by atoms with Gasteiger partial charge in [-0.15, -0.1) is 0 Å². The number of rotatable bonds is 3. The Kier molecular flexibility index (Phi) is 2.98. The van der Waals surface area contributed by atoms with Gasteiger partial charge in [-0.1, -0.05) is 6.07 Å². The summed E-state index contributed by atoms with van der Waals surface area (Å²) in [4.78, 5) is 14.3. The second kappa shape index (κ2) is 4.32. The van der Waals surface area contributed by atoms with Crippen LogP contribution in [0.2, 0.25) is 0 Å². The maximum absolute atomic E-state index is 12.8. The van der Waals surface area contributed by atoms with Crippen molar-refractivity contribution in [2.45, 2.75) is 19.0 Å². The molecule has 0 saturated carbocycles. The summed E-state index contributed by atoms with van der Waals surface area (Å²) in [6, 6.07) is 3.66. The molecule has 7 heteroatoms. The number of imidazole rings is 1. The third-order valence-electron chi connectivity index (χ3n) is 2.49. The van der Waals surface area contributed by atoms with Crippen LogP contribution in [0.15, 0.2) is 24.4 Å². The van der Waals surface area contributed by atoms with Crippen molar-refractivity contribution >= 4 is 11.6 Å². The first-order valence-corrected chi connectivity index (χ1v) is 5.14. The minimum Gasteiger partial charge on any atom is -0.481 e. The van der Waals surface area contributed by atoms with Crippen LogP contribution in [0.1, 0.15) is 17.8 Å². The van der Waals surface area contributed by atoms with Gasteiger partial charge < -0.3 is 5.11 Å². The number of aromatic nitrogens is 2. The van der Waals surface area contributed by atoms with Gasteiger partial charge in [0.2, 0.25) is 0 Å². The van der Waals surface area contributed by atoms with Crippen LogP contribution in [0.5, 0.6) is 0 Å². The van der Waals surface area contributed by atoms with Gasteiger partial charge in [0, 0.05) is 18.3 Å². The summed E-state index contributed by atoms with van der Waals surface area (Å²) in [5.74, 6) is -1.06. The summed E-state index contributed by atoms with van der Waals surface area (Å²) in [5, 5.41) is 8.56. The van der Waals surface area contributed by atoms with E-state index >= 15 is 0 Å². The number of carboxylic acids is 1. The summed E-state index contributed by atoms with van der Waals surface area (Å²) in [7, 11) is 0. The second-order valence-electron chi connectivity index (χ2n) is 3.75. The first kappa shape index (κ1) is 12.4. The van der Waals surface area contributed by atoms with Crippen LogP contribution in [0, 0.1) is 0 Å². The highest BCUT2D eigenvalue weighted by Crippen LogP contribution is 2.30. The lowest BCUT2D eigenvalue weighted by molar-refractivity contribution is -0.142. The number of nitrogens with zero attached hydrogens (tertiary/aromatic N) is 2. The highest BCUT2D eigenvalue weighted by molar-refractivity contribution is 5.67. The molecule has 0 amide bonds. The molecule has 0 spiro atoms. The molecule has 0 bridgehead atoms. The number of carboxylic acid groups (broad SMARTS) is 1. The van der Waals surface area contributed by atoms with Gasteiger partial charge in [-0.2, -0.15) is 13.2 Å². The molecule has 0 radical (unpaired) electrons. The molecular weight excluding hydrogens is 249 g/mol. The summed E-state index contributed by atoms with van der Waals surface area (Å²) in [6.45, 7) is 0. The fraction of sp³-hybridized carbons (Fsp3) is 0.273. The number of alkyl halides is 3. The van der Waals surface area contributed by atoms with Crippen LogP contribution < -0.4 is 0 Å². The molecular formula is C11H9F3N2O2. The molecule has 4 nitrogen and oxygen atoms in total. The number of carbonyl (C=O) groups is 1. The molecule has 2 aromatic heterocycles. The number of halogens is 3. The molecule has 2 rings (SSSR count). The van der Waals surface area contributed by atoms with E-state index in [4.69, 9.17) is 5.11 Å². The summed E-state index contributed by atoms with van der Waals surface area (Å²) < 4.78 is 39.4. The Hall–Kier alpha value is -2.05. The van der Waals surface area contributed by atoms with Crippen LogP contribution in [0.4, 0.5) is 13.2 Å². The smallest absolute Gasteiger partial charge is 0.431 e. The van der Waals surface area contributed by atoms with Gasteiger partial charge in [0.15, 0.2) is 0 Å². The van der Waals surface area contributed by atoms with Gasteiger partial charge >= 0.3 is 12.1 Å². The van der Waals surface area contributed by atoms with E-state index in [1.54, 1.807) is 0 Å². The van der Waals surface area contributed by atoms with Crippen LogP contribution in [0.3, 0.4) is 0 Å². The Bertz CT molecular complexity index is 589. The van der Waals surface area contributed by atoms with Crippen molar-refractivity contribution in [3.05, 3.63) is 35.8 Å². The molecule has 0 saturated heterocycles. The molecule has 2 aromatic rings. The lowest BCUT2D eigenvalue weighted by atomic mass is 10.2. The summed E-state index contributed by atoms with van der Waals surface area (Å²) >= 11 is 0. The maximum atomic E-state index is 12.8. The highest BCUT2D eigenvalue weighted by atomic mass is 19.4. The number of pyridine rings is 1. The van der Waals surface area contributed by atoms with E-state index in [9.17, 15) is 18.0 Å². The first-order chi connectivity index (χ1) is 8.39. The van der Waals surface area contributed by atoms with Crippen molar-refractivity contribution in [1.29, 1.82) is 0 Å². The van der Waals surface area contributed by atoms with Gasteiger partial charge in [0.1, 0.15) is 11.3 Å². The minimum atomic E-state index is -4.50. The molecule has 2 heterocycles. The Labute approximate surface area is 99.7 Å². The predicted molar refractivity (Wildman–Crippen MR) is 56.2 cm³/mol. The van der Waals surface area contributed by atoms with E-state index in [2.05, 4.69) is 4.98 Å². The number of aryl methyl sites for hydroxylation is 1. The zero-order chi connectivity index (χ0) is 13.3. The van der Waals surface area contributed by atoms with Gasteiger partial charge in [-0.25, -0.2) is 4.98 Å². The van der Waals surface area contributed by atoms with E-state index in [0.717, 1.165) is 10.5 Å². The average molecular weight is 258 g/mol. The molecule has 0 fully saturated rings. The quantitative estimate of drug-likeness (QED) is 0.919. The van der Waals surface area contributed by atoms with Crippen molar-refractivity contribution in [1.82, 2.24) is 9.38 Å². The van der Waals surface area contributed by atoms with E-state index in [1.165, 1.54) is 18.3 Å². The van der Waals surface area contributed by atoms with E-state index in [-0.39, 0.29) is 24.2 Å². The fourth-order valence-electron chi connectivity index (χ4n) is 1.73. The van der Waals surface area contributed by atoms with Gasteiger partial charge in [0.05, 0.1) is 6.42 Å². The van der Waals surface area contributed by atoms with Gasteiger partial charge in [-0.3, -0.25) is 9.20 Å². The SMILES string of the molecule is O=C(O)CCc1cnc2cccc(C(F)(F)F)n12. The largest absolute Gasteiger partial charge is 0.481 e. The van der Waals surface area contributed by atoms with Crippen molar-refractivity contribution in [2.24, 2.45) is 0 Å². The maximum Gasteiger partial charge on any atom is 0.431 e. The first-order valence-electron chi connectivity index (χ1n) is 5.14. The van der Waals surface area contributed by atoms with Crippen LogP contribution in [0.25, 0.3) is 5.65 Å².